The van der Waals surface area contributed by atoms with E-state index in [1.807, 2.05) is 0 Å². The van der Waals surface area contributed by atoms with Gasteiger partial charge in [-0.3, -0.25) is 4.79 Å². The van der Waals surface area contributed by atoms with Gasteiger partial charge in [0.05, 0.1) is 24.8 Å². The van der Waals surface area contributed by atoms with Gasteiger partial charge in [-0.1, -0.05) is 6.07 Å². The first-order valence-electron chi connectivity index (χ1n) is 7.25. The number of hydrogen-bond donors (Lipinski definition) is 1. The maximum atomic E-state index is 12.3. The fourth-order valence-electron chi connectivity index (χ4n) is 2.54. The summed E-state index contributed by atoms with van der Waals surface area (Å²) in [5, 5.41) is 2.73. The minimum atomic E-state index is -3.29. The maximum absolute atomic E-state index is 12.3. The van der Waals surface area contributed by atoms with Crippen molar-refractivity contribution in [2.24, 2.45) is 5.92 Å². The highest BCUT2D eigenvalue weighted by molar-refractivity contribution is 7.88. The van der Waals surface area contributed by atoms with Crippen molar-refractivity contribution in [3.8, 4) is 0 Å². The quantitative estimate of drug-likeness (QED) is 0.828. The first-order valence-corrected chi connectivity index (χ1v) is 9.10. The fourth-order valence-corrected chi connectivity index (χ4v) is 3.46. The van der Waals surface area contributed by atoms with Gasteiger partial charge in [-0.15, -0.1) is 0 Å². The van der Waals surface area contributed by atoms with Crippen molar-refractivity contribution >= 4 is 27.6 Å². The predicted molar refractivity (Wildman–Crippen MR) is 85.6 cm³/mol. The molecule has 1 heterocycles. The van der Waals surface area contributed by atoms with Gasteiger partial charge >= 0.3 is 5.97 Å². The Bertz CT molecular complexity index is 702. The van der Waals surface area contributed by atoms with E-state index in [9.17, 15) is 18.0 Å². The number of amides is 1. The number of nitrogens with zero attached hydrogens (tertiary/aromatic N) is 1. The van der Waals surface area contributed by atoms with Crippen LogP contribution in [0.2, 0.25) is 0 Å². The van der Waals surface area contributed by atoms with E-state index in [4.69, 9.17) is 0 Å². The van der Waals surface area contributed by atoms with Crippen molar-refractivity contribution in [1.29, 1.82) is 0 Å². The summed E-state index contributed by atoms with van der Waals surface area (Å²) in [4.78, 5) is 23.8. The van der Waals surface area contributed by atoms with Crippen LogP contribution in [0.3, 0.4) is 0 Å². The average molecular weight is 340 g/mol. The molecule has 2 rings (SSSR count). The van der Waals surface area contributed by atoms with Crippen LogP contribution >= 0.6 is 0 Å². The summed E-state index contributed by atoms with van der Waals surface area (Å²) in [6, 6.07) is 6.43. The molecule has 0 aliphatic carbocycles. The summed E-state index contributed by atoms with van der Waals surface area (Å²) in [5.74, 6) is -1.14. The van der Waals surface area contributed by atoms with Gasteiger partial charge in [0.15, 0.2) is 0 Å². The third-order valence-electron chi connectivity index (χ3n) is 3.78. The molecule has 1 amide bonds. The van der Waals surface area contributed by atoms with Gasteiger partial charge in [-0.05, 0) is 31.0 Å². The lowest BCUT2D eigenvalue weighted by Crippen LogP contribution is -2.43. The fraction of sp³-hybridized carbons (Fsp3) is 0.467. The number of hydrogen-bond acceptors (Lipinski definition) is 5. The number of rotatable bonds is 4. The van der Waals surface area contributed by atoms with Crippen LogP contribution < -0.4 is 5.32 Å². The zero-order chi connectivity index (χ0) is 17.0. The van der Waals surface area contributed by atoms with Gasteiger partial charge in [-0.25, -0.2) is 17.5 Å². The summed E-state index contributed by atoms with van der Waals surface area (Å²) in [5.41, 5.74) is 0.820. The zero-order valence-electron chi connectivity index (χ0n) is 13.1. The number of carbonyl (C=O) groups excluding carboxylic acids is 2. The Hall–Kier alpha value is -1.93. The molecular formula is C15H20N2O5S. The summed E-state index contributed by atoms with van der Waals surface area (Å²) >= 11 is 0. The number of carbonyl (C=O) groups is 2. The van der Waals surface area contributed by atoms with Crippen LogP contribution in [-0.2, 0) is 19.6 Å². The summed E-state index contributed by atoms with van der Waals surface area (Å²) in [7, 11) is -2.01. The van der Waals surface area contributed by atoms with E-state index in [1.54, 1.807) is 18.2 Å². The number of methoxy groups -OCH3 is 1. The van der Waals surface area contributed by atoms with Crippen LogP contribution in [0.5, 0.6) is 0 Å². The Morgan fingerprint density at radius 1 is 1.35 bits per heavy atom. The largest absolute Gasteiger partial charge is 0.465 e. The first-order chi connectivity index (χ1) is 10.8. The van der Waals surface area contributed by atoms with Gasteiger partial charge in [-0.2, -0.15) is 0 Å². The van der Waals surface area contributed by atoms with Gasteiger partial charge in [0.25, 0.3) is 0 Å². The van der Waals surface area contributed by atoms with Crippen molar-refractivity contribution in [1.82, 2.24) is 4.31 Å². The number of esters is 1. The van der Waals surface area contributed by atoms with Crippen LogP contribution in [-0.4, -0.2) is 51.1 Å². The Kier molecular flexibility index (Phi) is 5.38. The summed E-state index contributed by atoms with van der Waals surface area (Å²) in [6.07, 6.45) is 2.43. The molecule has 0 spiro atoms. The highest BCUT2D eigenvalue weighted by Gasteiger charge is 2.30. The molecule has 1 fully saturated rings. The minimum Gasteiger partial charge on any atom is -0.465 e. The minimum absolute atomic E-state index is 0.182. The Balaban J connectivity index is 2.06. The molecule has 23 heavy (non-hydrogen) atoms. The second-order valence-electron chi connectivity index (χ2n) is 5.52. The number of anilines is 1. The topological polar surface area (TPSA) is 92.8 Å². The smallest absolute Gasteiger partial charge is 0.337 e. The number of sulfonamides is 1. The van der Waals surface area contributed by atoms with Crippen molar-refractivity contribution in [2.45, 2.75) is 12.8 Å². The molecule has 1 aromatic carbocycles. The van der Waals surface area contributed by atoms with E-state index in [-0.39, 0.29) is 12.5 Å². The van der Waals surface area contributed by atoms with Crippen molar-refractivity contribution < 1.29 is 22.7 Å². The number of ether oxygens (including phenoxy) is 1. The van der Waals surface area contributed by atoms with Gasteiger partial charge in [0, 0.05) is 18.8 Å². The van der Waals surface area contributed by atoms with E-state index in [1.165, 1.54) is 17.5 Å². The predicted octanol–water partition coefficient (Wildman–Crippen LogP) is 1.08. The van der Waals surface area contributed by atoms with Gasteiger partial charge in [0.2, 0.25) is 15.9 Å². The second kappa shape index (κ2) is 7.10. The first kappa shape index (κ1) is 17.4. The Labute approximate surface area is 135 Å². The molecule has 1 aromatic rings. The molecule has 1 saturated heterocycles. The van der Waals surface area contributed by atoms with Crippen molar-refractivity contribution in [3.05, 3.63) is 29.8 Å². The normalized spacial score (nSPS) is 19.1. The molecule has 1 unspecified atom stereocenters. The number of nitrogens with one attached hydrogen (secondary N) is 1. The molecule has 126 valence electrons. The SMILES string of the molecule is COC(=O)c1cccc(NC(=O)C2CCCN(S(C)(=O)=O)C2)c1. The van der Waals surface area contributed by atoms with E-state index < -0.39 is 21.9 Å². The van der Waals surface area contributed by atoms with E-state index >= 15 is 0 Å². The molecule has 8 heteroatoms. The third-order valence-corrected chi connectivity index (χ3v) is 5.04. The van der Waals surface area contributed by atoms with E-state index in [2.05, 4.69) is 10.1 Å². The lowest BCUT2D eigenvalue weighted by molar-refractivity contribution is -0.120. The maximum Gasteiger partial charge on any atom is 0.337 e. The molecule has 1 aliphatic rings. The van der Waals surface area contributed by atoms with Crippen LogP contribution in [0, 0.1) is 5.92 Å². The molecule has 1 atom stereocenters. The Morgan fingerprint density at radius 2 is 2.09 bits per heavy atom. The van der Waals surface area contributed by atoms with Gasteiger partial charge in [0.1, 0.15) is 0 Å². The molecule has 0 bridgehead atoms. The van der Waals surface area contributed by atoms with Crippen LogP contribution in [0.15, 0.2) is 24.3 Å². The number of benzene rings is 1. The van der Waals surface area contributed by atoms with Gasteiger partial charge < -0.3 is 10.1 Å². The van der Waals surface area contributed by atoms with Crippen LogP contribution in [0.25, 0.3) is 0 Å². The van der Waals surface area contributed by atoms with Crippen molar-refractivity contribution in [2.75, 3.05) is 31.8 Å². The zero-order valence-corrected chi connectivity index (χ0v) is 13.9. The monoisotopic (exact) mass is 340 g/mol. The molecule has 0 radical (unpaired) electrons. The molecule has 1 N–H and O–H groups in total. The highest BCUT2D eigenvalue weighted by Crippen LogP contribution is 2.21. The summed E-state index contributed by atoms with van der Waals surface area (Å²) in [6.45, 7) is 0.627. The number of piperidine rings is 1. The average Bonchev–Trinajstić information content (AvgIpc) is 2.53. The third kappa shape index (κ3) is 4.52. The highest BCUT2D eigenvalue weighted by atomic mass is 32.2. The van der Waals surface area contributed by atoms with Crippen LogP contribution in [0.4, 0.5) is 5.69 Å². The van der Waals surface area contributed by atoms with E-state index in [0.29, 0.717) is 30.6 Å². The molecule has 0 saturated carbocycles. The molecule has 0 aromatic heterocycles. The second-order valence-corrected chi connectivity index (χ2v) is 7.50. The molecular weight excluding hydrogens is 320 g/mol. The van der Waals surface area contributed by atoms with Crippen LogP contribution in [0.1, 0.15) is 23.2 Å². The Morgan fingerprint density at radius 3 is 2.74 bits per heavy atom. The van der Waals surface area contributed by atoms with E-state index in [0.717, 1.165) is 6.26 Å². The molecule has 7 nitrogen and oxygen atoms in total. The lowest BCUT2D eigenvalue weighted by atomic mass is 9.98. The molecule has 1 aliphatic heterocycles. The lowest BCUT2D eigenvalue weighted by Gasteiger charge is -2.30. The summed E-state index contributed by atoms with van der Waals surface area (Å²) < 4.78 is 29.2. The standard InChI is InChI=1S/C15H20N2O5S/c1-22-15(19)11-5-3-7-13(9-11)16-14(18)12-6-4-8-17(10-12)23(2,20)21/h3,5,7,9,12H,4,6,8,10H2,1-2H3,(H,16,18). The van der Waals surface area contributed by atoms with Crippen molar-refractivity contribution in [3.63, 3.8) is 0 Å².